The van der Waals surface area contributed by atoms with Crippen LogP contribution in [0.4, 0.5) is 0 Å². The zero-order chi connectivity index (χ0) is 17.3. The van der Waals surface area contributed by atoms with E-state index in [0.29, 0.717) is 0 Å². The average Bonchev–Trinajstić information content (AvgIpc) is 2.41. The van der Waals surface area contributed by atoms with Crippen LogP contribution in [0, 0.1) is 11.8 Å². The number of rotatable bonds is 7. The van der Waals surface area contributed by atoms with Crippen LogP contribution < -0.4 is 0 Å². The zero-order valence-corrected chi connectivity index (χ0v) is 16.6. The van der Waals surface area contributed by atoms with Crippen LogP contribution in [0.2, 0.25) is 0 Å². The van der Waals surface area contributed by atoms with Crippen LogP contribution in [-0.2, 0) is 8.98 Å². The largest absolute Gasteiger partial charge is 0.392 e. The topological polar surface area (TPSA) is 26.3 Å². The highest BCUT2D eigenvalue weighted by Crippen LogP contribution is 2.18. The third-order valence-electron chi connectivity index (χ3n) is 2.61. The average molecular weight is 319 g/mol. The van der Waals surface area contributed by atoms with Crippen molar-refractivity contribution in [3.63, 3.8) is 0 Å². The number of allylic oxidation sites excluding steroid dienone is 2. The third-order valence-corrected chi connectivity index (χ3v) is 3.01. The highest BCUT2D eigenvalue weighted by molar-refractivity contribution is 7.94. The highest BCUT2D eigenvalue weighted by atomic mass is 32.2. The molecule has 0 fully saturated rings. The molecule has 0 N–H and O–H groups in total. The summed E-state index contributed by atoms with van der Waals surface area (Å²) < 4.78 is 4.32. The fourth-order valence-corrected chi connectivity index (χ4v) is 1.75. The molecule has 2 nitrogen and oxygen atoms in total. The molecule has 0 aliphatic carbocycles. The van der Waals surface area contributed by atoms with Crippen molar-refractivity contribution in [3.05, 3.63) is 11.6 Å². The summed E-state index contributed by atoms with van der Waals surface area (Å²) in [7, 11) is 0. The molecule has 0 heterocycles. The molecule has 0 saturated carbocycles. The summed E-state index contributed by atoms with van der Waals surface area (Å²) in [5, 5.41) is 0. The van der Waals surface area contributed by atoms with Crippen molar-refractivity contribution in [2.45, 2.75) is 81.1 Å². The smallest absolute Gasteiger partial charge is 0.314 e. The third kappa shape index (κ3) is 24.9. The van der Waals surface area contributed by atoms with Crippen molar-refractivity contribution in [2.75, 3.05) is 6.26 Å². The highest BCUT2D eigenvalue weighted by Gasteiger charge is 2.02. The van der Waals surface area contributed by atoms with Gasteiger partial charge in [-0.25, -0.2) is 0 Å². The minimum absolute atomic E-state index is 0.248. The molecular formula is C18H38O2S. The Kier molecular flexibility index (Phi) is 23.8. The molecule has 3 heteroatoms. The van der Waals surface area contributed by atoms with Gasteiger partial charge in [0.25, 0.3) is 0 Å². The van der Waals surface area contributed by atoms with Crippen molar-refractivity contribution in [3.8, 4) is 0 Å². The molecule has 0 aliphatic rings. The molecule has 0 rings (SSSR count). The summed E-state index contributed by atoms with van der Waals surface area (Å²) in [6, 6.07) is 0. The summed E-state index contributed by atoms with van der Waals surface area (Å²) >= 11 is 1.06. The Hall–Kier alpha value is -0.440. The summed E-state index contributed by atoms with van der Waals surface area (Å²) in [6.07, 6.45) is 9.37. The van der Waals surface area contributed by atoms with E-state index in [9.17, 15) is 4.79 Å². The van der Waals surface area contributed by atoms with Crippen LogP contribution in [0.3, 0.4) is 0 Å². The predicted molar refractivity (Wildman–Crippen MR) is 98.5 cm³/mol. The Labute approximate surface area is 138 Å². The van der Waals surface area contributed by atoms with Gasteiger partial charge in [-0.05, 0) is 31.1 Å². The van der Waals surface area contributed by atoms with Crippen LogP contribution in [0.1, 0.15) is 81.1 Å². The molecule has 0 aromatic heterocycles. The van der Waals surface area contributed by atoms with Gasteiger partial charge in [0.1, 0.15) is 0 Å². The fourth-order valence-electron chi connectivity index (χ4n) is 1.51. The second-order valence-electron chi connectivity index (χ2n) is 5.41. The van der Waals surface area contributed by atoms with E-state index in [1.54, 1.807) is 11.8 Å². The lowest BCUT2D eigenvalue weighted by Crippen LogP contribution is -1.96. The molecular weight excluding hydrogens is 280 g/mol. The fraction of sp³-hybridized carbons (Fsp3) is 0.833. The van der Waals surface area contributed by atoms with Gasteiger partial charge in [-0.3, -0.25) is 4.79 Å². The molecule has 0 aromatic carbocycles. The maximum Gasteiger partial charge on any atom is 0.314 e. The Morgan fingerprint density at radius 3 is 1.95 bits per heavy atom. The molecule has 0 amide bonds. The van der Waals surface area contributed by atoms with Gasteiger partial charge in [-0.1, -0.05) is 66.5 Å². The molecule has 0 spiro atoms. The number of hydrogen-bond donors (Lipinski definition) is 0. The molecule has 0 atom stereocenters. The van der Waals surface area contributed by atoms with E-state index in [1.807, 2.05) is 13.8 Å². The lowest BCUT2D eigenvalue weighted by molar-refractivity contribution is -0.130. The van der Waals surface area contributed by atoms with Gasteiger partial charge in [-0.2, -0.15) is 0 Å². The Morgan fingerprint density at radius 1 is 1.19 bits per heavy atom. The first kappa shape index (κ1) is 25.5. The second kappa shape index (κ2) is 19.6. The molecule has 128 valence electrons. The zero-order valence-electron chi connectivity index (χ0n) is 15.8. The number of hydrogen-bond acceptors (Lipinski definition) is 3. The molecule has 0 aromatic rings. The Balaban J connectivity index is -0.000000339. The van der Waals surface area contributed by atoms with Gasteiger partial charge in [-0.15, -0.1) is 0 Å². The van der Waals surface area contributed by atoms with Crippen LogP contribution in [0.15, 0.2) is 11.6 Å². The molecule has 21 heavy (non-hydrogen) atoms. The standard InChI is InChI=1S/C13H26.C3H6O2S.C2H6/c1-6-7-8-13(12(4)5)10-9-11(2)3;1-3(4)5-6-2;1-2/h10-12H,6-9H2,1-5H3;1-2H3;1-2H3/b13-10+;;. The van der Waals surface area contributed by atoms with E-state index < -0.39 is 0 Å². The van der Waals surface area contributed by atoms with Gasteiger partial charge < -0.3 is 4.18 Å². The predicted octanol–water partition coefficient (Wildman–Crippen LogP) is 6.66. The van der Waals surface area contributed by atoms with E-state index in [0.717, 1.165) is 23.9 Å². The van der Waals surface area contributed by atoms with E-state index >= 15 is 0 Å². The van der Waals surface area contributed by atoms with Gasteiger partial charge in [0.15, 0.2) is 0 Å². The number of carbonyl (C=O) groups excluding carboxylic acids is 1. The van der Waals surface area contributed by atoms with Crippen molar-refractivity contribution in [2.24, 2.45) is 11.8 Å². The lowest BCUT2D eigenvalue weighted by Gasteiger charge is -2.11. The van der Waals surface area contributed by atoms with E-state index in [1.165, 1.54) is 32.6 Å². The monoisotopic (exact) mass is 318 g/mol. The normalized spacial score (nSPS) is 10.5. The summed E-state index contributed by atoms with van der Waals surface area (Å²) in [5.41, 5.74) is 1.66. The Bertz CT molecular complexity index is 246. The van der Waals surface area contributed by atoms with Crippen molar-refractivity contribution >= 4 is 18.0 Å². The molecule has 0 aliphatic heterocycles. The summed E-state index contributed by atoms with van der Waals surface area (Å²) in [6.45, 7) is 16.8. The van der Waals surface area contributed by atoms with E-state index in [2.05, 4.69) is 44.9 Å². The van der Waals surface area contributed by atoms with Gasteiger partial charge in [0.2, 0.25) is 0 Å². The van der Waals surface area contributed by atoms with Crippen LogP contribution in [-0.4, -0.2) is 12.2 Å². The second-order valence-corrected chi connectivity index (χ2v) is 5.91. The molecule has 0 saturated heterocycles. The van der Waals surface area contributed by atoms with Gasteiger partial charge in [0.05, 0.1) is 12.0 Å². The first-order valence-electron chi connectivity index (χ1n) is 8.25. The van der Waals surface area contributed by atoms with Crippen molar-refractivity contribution < 1.29 is 8.98 Å². The lowest BCUT2D eigenvalue weighted by atomic mass is 9.95. The SMILES string of the molecule is CC.CCCC/C(=C\CC(C)C)C(C)C.CSOC(C)=O. The maximum atomic E-state index is 9.80. The van der Waals surface area contributed by atoms with Crippen LogP contribution in [0.5, 0.6) is 0 Å². The molecule has 0 bridgehead atoms. The van der Waals surface area contributed by atoms with E-state index in [4.69, 9.17) is 0 Å². The molecule has 0 radical (unpaired) electrons. The summed E-state index contributed by atoms with van der Waals surface area (Å²) in [5.74, 6) is 1.29. The quantitative estimate of drug-likeness (QED) is 0.388. The van der Waals surface area contributed by atoms with Crippen LogP contribution in [0.25, 0.3) is 0 Å². The van der Waals surface area contributed by atoms with Crippen molar-refractivity contribution in [1.29, 1.82) is 0 Å². The van der Waals surface area contributed by atoms with Gasteiger partial charge in [0, 0.05) is 13.2 Å². The first-order chi connectivity index (χ1) is 9.84. The number of carbonyl (C=O) groups is 1. The Morgan fingerprint density at radius 2 is 1.71 bits per heavy atom. The minimum atomic E-state index is -0.248. The van der Waals surface area contributed by atoms with Crippen LogP contribution >= 0.6 is 12.0 Å². The summed E-state index contributed by atoms with van der Waals surface area (Å²) in [4.78, 5) is 9.80. The minimum Gasteiger partial charge on any atom is -0.392 e. The van der Waals surface area contributed by atoms with Crippen molar-refractivity contribution in [1.82, 2.24) is 0 Å². The van der Waals surface area contributed by atoms with E-state index in [-0.39, 0.29) is 5.97 Å². The molecule has 0 unspecified atom stereocenters. The first-order valence-corrected chi connectivity index (χ1v) is 9.40. The van der Waals surface area contributed by atoms with Gasteiger partial charge >= 0.3 is 5.97 Å². The number of unbranched alkanes of at least 4 members (excludes halogenated alkanes) is 1. The maximum absolute atomic E-state index is 9.80.